The molecule has 4 aromatic rings. The van der Waals surface area contributed by atoms with Crippen LogP contribution in [0, 0.1) is 11.3 Å². The molecule has 0 radical (unpaired) electrons. The van der Waals surface area contributed by atoms with Crippen molar-refractivity contribution in [3.05, 3.63) is 53.8 Å². The molecule has 4 heterocycles. The fourth-order valence-electron chi connectivity index (χ4n) is 4.28. The van der Waals surface area contributed by atoms with Gasteiger partial charge >= 0.3 is 0 Å². The number of imidazole rings is 1. The molecule has 7 heteroatoms. The first-order chi connectivity index (χ1) is 14.3. The minimum atomic E-state index is 0.244. The summed E-state index contributed by atoms with van der Waals surface area (Å²) in [6.07, 6.45) is 7.09. The Morgan fingerprint density at radius 1 is 1.28 bits per heavy atom. The van der Waals surface area contributed by atoms with Crippen molar-refractivity contribution < 1.29 is 9.26 Å². The van der Waals surface area contributed by atoms with Gasteiger partial charge < -0.3 is 13.8 Å². The van der Waals surface area contributed by atoms with Gasteiger partial charge in [-0.25, -0.2) is 4.98 Å². The maximum absolute atomic E-state index is 9.40. The molecule has 2 atom stereocenters. The van der Waals surface area contributed by atoms with Gasteiger partial charge in [0.2, 0.25) is 0 Å². The third-order valence-electron chi connectivity index (χ3n) is 5.71. The Hall–Kier alpha value is -3.24. The summed E-state index contributed by atoms with van der Waals surface area (Å²) in [6, 6.07) is 10.0. The summed E-state index contributed by atoms with van der Waals surface area (Å²) in [7, 11) is 0. The van der Waals surface area contributed by atoms with Crippen molar-refractivity contribution in [1.29, 1.82) is 5.26 Å². The molecule has 0 amide bonds. The largest absolute Gasteiger partial charge is 0.378 e. The van der Waals surface area contributed by atoms with Crippen molar-refractivity contribution in [3.63, 3.8) is 0 Å². The predicted octanol–water partition coefficient (Wildman–Crippen LogP) is 4.17. The molecule has 1 saturated heterocycles. The average molecular weight is 387 g/mol. The zero-order valence-electron chi connectivity index (χ0n) is 16.2. The van der Waals surface area contributed by atoms with E-state index in [0.29, 0.717) is 12.0 Å². The SMILES string of the molecule is CC[C@H]1C[C@@H](n2c(Cc3ccon3)nc3cnc4ccc(C#N)cc4c32)CCO1. The van der Waals surface area contributed by atoms with Crippen LogP contribution in [0.2, 0.25) is 0 Å². The smallest absolute Gasteiger partial charge is 0.124 e. The predicted molar refractivity (Wildman–Crippen MR) is 107 cm³/mol. The van der Waals surface area contributed by atoms with E-state index in [9.17, 15) is 5.26 Å². The second-order valence-corrected chi connectivity index (χ2v) is 7.48. The number of fused-ring (bicyclic) bond motifs is 3. The third-order valence-corrected chi connectivity index (χ3v) is 5.71. The highest BCUT2D eigenvalue weighted by atomic mass is 16.5. The summed E-state index contributed by atoms with van der Waals surface area (Å²) in [4.78, 5) is 9.48. The van der Waals surface area contributed by atoms with E-state index in [1.165, 1.54) is 0 Å². The van der Waals surface area contributed by atoms with E-state index < -0.39 is 0 Å². The van der Waals surface area contributed by atoms with Gasteiger partial charge in [-0.2, -0.15) is 5.26 Å². The van der Waals surface area contributed by atoms with Crippen molar-refractivity contribution in [2.45, 2.75) is 44.8 Å². The summed E-state index contributed by atoms with van der Waals surface area (Å²) >= 11 is 0. The van der Waals surface area contributed by atoms with Gasteiger partial charge in [-0.3, -0.25) is 4.98 Å². The van der Waals surface area contributed by atoms with Crippen LogP contribution in [0.15, 0.2) is 41.2 Å². The lowest BCUT2D eigenvalue weighted by atomic mass is 10.0. The van der Waals surface area contributed by atoms with Crippen molar-refractivity contribution in [2.75, 3.05) is 6.61 Å². The molecule has 146 valence electrons. The summed E-state index contributed by atoms with van der Waals surface area (Å²) in [6.45, 7) is 2.90. The van der Waals surface area contributed by atoms with Crippen LogP contribution >= 0.6 is 0 Å². The topological polar surface area (TPSA) is 89.8 Å². The molecule has 1 aromatic carbocycles. The van der Waals surface area contributed by atoms with Crippen LogP contribution in [-0.4, -0.2) is 32.4 Å². The van der Waals surface area contributed by atoms with Crippen LogP contribution in [0.5, 0.6) is 0 Å². The van der Waals surface area contributed by atoms with Crippen LogP contribution in [0.3, 0.4) is 0 Å². The van der Waals surface area contributed by atoms with Gasteiger partial charge in [0.05, 0.1) is 47.1 Å². The molecule has 0 saturated carbocycles. The molecule has 0 bridgehead atoms. The van der Waals surface area contributed by atoms with Crippen LogP contribution < -0.4 is 0 Å². The Balaban J connectivity index is 1.74. The van der Waals surface area contributed by atoms with Gasteiger partial charge in [0.25, 0.3) is 0 Å². The molecule has 3 aromatic heterocycles. The van der Waals surface area contributed by atoms with Gasteiger partial charge in [-0.15, -0.1) is 0 Å². The second-order valence-electron chi connectivity index (χ2n) is 7.48. The van der Waals surface area contributed by atoms with E-state index >= 15 is 0 Å². The molecule has 7 nitrogen and oxygen atoms in total. The van der Waals surface area contributed by atoms with Crippen LogP contribution in [-0.2, 0) is 11.2 Å². The monoisotopic (exact) mass is 387 g/mol. The summed E-state index contributed by atoms with van der Waals surface area (Å²) in [5.41, 5.74) is 4.20. The third kappa shape index (κ3) is 3.15. The average Bonchev–Trinajstić information content (AvgIpc) is 3.41. The first-order valence-corrected chi connectivity index (χ1v) is 9.97. The number of hydrogen-bond acceptors (Lipinski definition) is 6. The highest BCUT2D eigenvalue weighted by molar-refractivity contribution is 6.02. The zero-order chi connectivity index (χ0) is 19.8. The number of aromatic nitrogens is 4. The van der Waals surface area contributed by atoms with Crippen molar-refractivity contribution >= 4 is 21.9 Å². The lowest BCUT2D eigenvalue weighted by Gasteiger charge is -2.31. The number of pyridine rings is 1. The van der Waals surface area contributed by atoms with Crippen molar-refractivity contribution in [1.82, 2.24) is 19.7 Å². The fraction of sp³-hybridized carbons (Fsp3) is 0.364. The molecule has 0 unspecified atom stereocenters. The van der Waals surface area contributed by atoms with Crippen molar-refractivity contribution in [2.24, 2.45) is 0 Å². The Kier molecular flexibility index (Phi) is 4.49. The molecule has 5 rings (SSSR count). The second kappa shape index (κ2) is 7.30. The molecule has 0 spiro atoms. The van der Waals surface area contributed by atoms with Gasteiger partial charge in [0.1, 0.15) is 17.6 Å². The molecule has 1 aliphatic heterocycles. The Labute approximate surface area is 167 Å². The van der Waals surface area contributed by atoms with Crippen LogP contribution in [0.25, 0.3) is 21.9 Å². The molecular formula is C22H21N5O2. The van der Waals surface area contributed by atoms with Crippen LogP contribution in [0.1, 0.15) is 49.3 Å². The Morgan fingerprint density at radius 3 is 3.00 bits per heavy atom. The molecule has 1 aliphatic rings. The minimum absolute atomic E-state index is 0.244. The number of ether oxygens (including phenoxy) is 1. The number of nitriles is 1. The first-order valence-electron chi connectivity index (χ1n) is 9.97. The lowest BCUT2D eigenvalue weighted by molar-refractivity contribution is -0.00678. The van der Waals surface area contributed by atoms with E-state index in [4.69, 9.17) is 14.2 Å². The minimum Gasteiger partial charge on any atom is -0.378 e. The van der Waals surface area contributed by atoms with Gasteiger partial charge in [-0.1, -0.05) is 12.1 Å². The maximum Gasteiger partial charge on any atom is 0.124 e. The summed E-state index contributed by atoms with van der Waals surface area (Å²) in [5.74, 6) is 0.937. The molecule has 1 fully saturated rings. The molecule has 29 heavy (non-hydrogen) atoms. The van der Waals surface area contributed by atoms with Gasteiger partial charge in [0.15, 0.2) is 0 Å². The maximum atomic E-state index is 9.40. The number of nitrogens with zero attached hydrogens (tertiary/aromatic N) is 5. The van der Waals surface area contributed by atoms with Gasteiger partial charge in [0, 0.05) is 24.1 Å². The molecular weight excluding hydrogens is 366 g/mol. The Bertz CT molecular complexity index is 1210. The molecule has 0 aliphatic carbocycles. The van der Waals surface area contributed by atoms with Crippen LogP contribution in [0.4, 0.5) is 0 Å². The van der Waals surface area contributed by atoms with E-state index in [-0.39, 0.29) is 12.1 Å². The highest BCUT2D eigenvalue weighted by Crippen LogP contribution is 2.35. The van der Waals surface area contributed by atoms with E-state index in [2.05, 4.69) is 27.7 Å². The first kappa shape index (κ1) is 17.8. The van der Waals surface area contributed by atoms with E-state index in [1.807, 2.05) is 24.4 Å². The fourth-order valence-corrected chi connectivity index (χ4v) is 4.28. The normalized spacial score (nSPS) is 19.6. The standard InChI is InChI=1S/C22H21N5O2/c1-2-17-11-16(6-7-28-17)27-21(10-15-5-8-29-26-15)25-20-13-24-19-4-3-14(12-23)9-18(19)22(20)27/h3-5,8-9,13,16-17H,2,6-7,10-11H2,1H3/t16-,17-/m0/s1. The van der Waals surface area contributed by atoms with E-state index in [1.54, 1.807) is 12.3 Å². The lowest BCUT2D eigenvalue weighted by Crippen LogP contribution is -2.28. The molecule has 0 N–H and O–H groups in total. The summed E-state index contributed by atoms with van der Waals surface area (Å²) < 4.78 is 13.3. The summed E-state index contributed by atoms with van der Waals surface area (Å²) in [5, 5.41) is 14.4. The van der Waals surface area contributed by atoms with Crippen molar-refractivity contribution in [3.8, 4) is 6.07 Å². The van der Waals surface area contributed by atoms with Gasteiger partial charge in [-0.05, 0) is 37.5 Å². The Morgan fingerprint density at radius 2 is 2.21 bits per heavy atom. The number of benzene rings is 1. The number of rotatable bonds is 4. The zero-order valence-corrected chi connectivity index (χ0v) is 16.2. The number of hydrogen-bond donors (Lipinski definition) is 0. The quantitative estimate of drug-likeness (QED) is 0.522. The highest BCUT2D eigenvalue weighted by Gasteiger charge is 2.27. The van der Waals surface area contributed by atoms with E-state index in [0.717, 1.165) is 59.3 Å².